The molecule has 5 heteroatoms. The van der Waals surface area contributed by atoms with Gasteiger partial charge in [0.1, 0.15) is 5.82 Å². The minimum Gasteiger partial charge on any atom is -0.479 e. The first-order valence-electron chi connectivity index (χ1n) is 4.85. The fourth-order valence-electron chi connectivity index (χ4n) is 1.94. The number of alkyl halides is 1. The topological polar surface area (TPSA) is 46.5 Å². The fraction of sp³-hybridized carbons (Fsp3) is 0.364. The molecule has 1 aliphatic heterocycles. The number of hydrogen-bond acceptors (Lipinski definition) is 2. The first-order valence-corrected chi connectivity index (χ1v) is 5.39. The standard InChI is InChI=1S/C11H10ClFO3/c12-5-6-1-2-8(13)9-7(6)3-4-16-10(9)11(14)15/h1-2,10H,3-5H2,(H,14,15)/t10-/m0/s1. The highest BCUT2D eigenvalue weighted by Crippen LogP contribution is 2.32. The summed E-state index contributed by atoms with van der Waals surface area (Å²) in [5.41, 5.74) is 1.57. The molecule has 86 valence electrons. The smallest absolute Gasteiger partial charge is 0.337 e. The molecular weight excluding hydrogens is 235 g/mol. The van der Waals surface area contributed by atoms with Crippen molar-refractivity contribution >= 4 is 17.6 Å². The highest BCUT2D eigenvalue weighted by atomic mass is 35.5. The van der Waals surface area contributed by atoms with E-state index in [0.29, 0.717) is 12.0 Å². The second-order valence-corrected chi connectivity index (χ2v) is 3.84. The number of fused-ring (bicyclic) bond motifs is 1. The van der Waals surface area contributed by atoms with E-state index in [-0.39, 0.29) is 18.1 Å². The first kappa shape index (κ1) is 11.4. The third kappa shape index (κ3) is 1.79. The van der Waals surface area contributed by atoms with Gasteiger partial charge in [-0.1, -0.05) is 6.07 Å². The Balaban J connectivity index is 2.58. The van der Waals surface area contributed by atoms with Crippen LogP contribution in [-0.4, -0.2) is 17.7 Å². The van der Waals surface area contributed by atoms with Gasteiger partial charge >= 0.3 is 5.97 Å². The van der Waals surface area contributed by atoms with Crippen LogP contribution in [0.1, 0.15) is 22.8 Å². The Bertz CT molecular complexity index is 433. The number of carboxylic acid groups (broad SMARTS) is 1. The summed E-state index contributed by atoms with van der Waals surface area (Å²) in [5.74, 6) is -1.47. The molecule has 0 saturated heterocycles. The predicted octanol–water partition coefficient (Wildman–Crippen LogP) is 2.26. The van der Waals surface area contributed by atoms with Crippen LogP contribution in [0.15, 0.2) is 12.1 Å². The number of carbonyl (C=O) groups is 1. The van der Waals surface area contributed by atoms with Crippen LogP contribution in [0, 0.1) is 5.82 Å². The molecular formula is C11H10ClFO3. The van der Waals surface area contributed by atoms with Crippen LogP contribution in [0.4, 0.5) is 4.39 Å². The lowest BCUT2D eigenvalue weighted by molar-refractivity contribution is -0.152. The highest BCUT2D eigenvalue weighted by Gasteiger charge is 2.31. The van der Waals surface area contributed by atoms with Gasteiger partial charge in [0.15, 0.2) is 6.10 Å². The van der Waals surface area contributed by atoms with Crippen molar-refractivity contribution in [2.45, 2.75) is 18.4 Å². The maximum Gasteiger partial charge on any atom is 0.337 e. The Morgan fingerprint density at radius 3 is 3.00 bits per heavy atom. The fourth-order valence-corrected chi connectivity index (χ4v) is 2.19. The van der Waals surface area contributed by atoms with Gasteiger partial charge < -0.3 is 9.84 Å². The minimum atomic E-state index is -1.22. The third-order valence-corrected chi connectivity index (χ3v) is 2.96. The van der Waals surface area contributed by atoms with E-state index >= 15 is 0 Å². The normalized spacial score (nSPS) is 19.2. The minimum absolute atomic E-state index is 0.122. The van der Waals surface area contributed by atoms with Gasteiger partial charge in [0.05, 0.1) is 6.61 Å². The number of halogens is 2. The molecule has 16 heavy (non-hydrogen) atoms. The lowest BCUT2D eigenvalue weighted by Gasteiger charge is -2.25. The summed E-state index contributed by atoms with van der Waals surface area (Å²) < 4.78 is 18.7. The summed E-state index contributed by atoms with van der Waals surface area (Å²) >= 11 is 5.73. The number of aliphatic carboxylic acids is 1. The molecule has 1 aromatic carbocycles. The number of benzene rings is 1. The first-order chi connectivity index (χ1) is 7.65. The lowest BCUT2D eigenvalue weighted by atomic mass is 9.93. The van der Waals surface area contributed by atoms with Crippen molar-refractivity contribution in [1.29, 1.82) is 0 Å². The second kappa shape index (κ2) is 4.39. The van der Waals surface area contributed by atoms with E-state index in [2.05, 4.69) is 0 Å². The van der Waals surface area contributed by atoms with Gasteiger partial charge in [-0.05, 0) is 23.6 Å². The van der Waals surface area contributed by atoms with Crippen molar-refractivity contribution in [2.24, 2.45) is 0 Å². The summed E-state index contributed by atoms with van der Waals surface area (Å²) in [6.07, 6.45) is -0.717. The van der Waals surface area contributed by atoms with E-state index in [1.165, 1.54) is 6.07 Å². The van der Waals surface area contributed by atoms with E-state index in [9.17, 15) is 9.18 Å². The van der Waals surface area contributed by atoms with E-state index in [4.69, 9.17) is 21.4 Å². The predicted molar refractivity (Wildman–Crippen MR) is 56.0 cm³/mol. The zero-order valence-corrected chi connectivity index (χ0v) is 9.13. The van der Waals surface area contributed by atoms with Gasteiger partial charge in [-0.3, -0.25) is 0 Å². The van der Waals surface area contributed by atoms with Crippen molar-refractivity contribution < 1.29 is 19.0 Å². The molecule has 1 aromatic rings. The Hall–Kier alpha value is -1.13. The molecule has 0 fully saturated rings. The number of rotatable bonds is 2. The van der Waals surface area contributed by atoms with Crippen LogP contribution >= 0.6 is 11.6 Å². The molecule has 1 atom stereocenters. The number of hydrogen-bond donors (Lipinski definition) is 1. The SMILES string of the molecule is O=C(O)[C@H]1OCCc2c(CCl)ccc(F)c21. The average Bonchev–Trinajstić information content (AvgIpc) is 2.29. The molecule has 2 rings (SSSR count). The van der Waals surface area contributed by atoms with Crippen LogP contribution in [-0.2, 0) is 21.8 Å². The van der Waals surface area contributed by atoms with Crippen molar-refractivity contribution in [1.82, 2.24) is 0 Å². The molecule has 0 bridgehead atoms. The van der Waals surface area contributed by atoms with Crippen molar-refractivity contribution in [2.75, 3.05) is 6.61 Å². The lowest BCUT2D eigenvalue weighted by Crippen LogP contribution is -2.25. The van der Waals surface area contributed by atoms with Gasteiger partial charge in [0.25, 0.3) is 0 Å². The third-order valence-electron chi connectivity index (χ3n) is 2.67. The Kier molecular flexibility index (Phi) is 3.12. The summed E-state index contributed by atoms with van der Waals surface area (Å²) in [6.45, 7) is 0.275. The van der Waals surface area contributed by atoms with E-state index in [0.717, 1.165) is 5.56 Å². The van der Waals surface area contributed by atoms with Gasteiger partial charge in [0, 0.05) is 11.4 Å². The van der Waals surface area contributed by atoms with E-state index < -0.39 is 17.9 Å². The van der Waals surface area contributed by atoms with E-state index in [1.807, 2.05) is 0 Å². The molecule has 0 spiro atoms. The largest absolute Gasteiger partial charge is 0.479 e. The number of ether oxygens (including phenoxy) is 1. The van der Waals surface area contributed by atoms with Gasteiger partial charge in [-0.15, -0.1) is 11.6 Å². The Morgan fingerprint density at radius 2 is 2.38 bits per heavy atom. The highest BCUT2D eigenvalue weighted by molar-refractivity contribution is 6.17. The monoisotopic (exact) mass is 244 g/mol. The molecule has 1 N–H and O–H groups in total. The molecule has 0 saturated carbocycles. The zero-order valence-electron chi connectivity index (χ0n) is 8.37. The molecule has 0 aromatic heterocycles. The molecule has 0 amide bonds. The van der Waals surface area contributed by atoms with Crippen LogP contribution in [0.3, 0.4) is 0 Å². The van der Waals surface area contributed by atoms with E-state index in [1.54, 1.807) is 6.07 Å². The molecule has 3 nitrogen and oxygen atoms in total. The van der Waals surface area contributed by atoms with Crippen molar-refractivity contribution in [3.05, 3.63) is 34.6 Å². The Morgan fingerprint density at radius 1 is 1.62 bits per heavy atom. The molecule has 0 aliphatic carbocycles. The van der Waals surface area contributed by atoms with Crippen LogP contribution in [0.25, 0.3) is 0 Å². The van der Waals surface area contributed by atoms with Crippen LogP contribution in [0.2, 0.25) is 0 Å². The van der Waals surface area contributed by atoms with Gasteiger partial charge in [0.2, 0.25) is 0 Å². The zero-order chi connectivity index (χ0) is 11.7. The average molecular weight is 245 g/mol. The second-order valence-electron chi connectivity index (χ2n) is 3.57. The van der Waals surface area contributed by atoms with Crippen LogP contribution in [0.5, 0.6) is 0 Å². The summed E-state index contributed by atoms with van der Waals surface area (Å²) in [4.78, 5) is 10.9. The molecule has 1 aliphatic rings. The maximum absolute atomic E-state index is 13.6. The van der Waals surface area contributed by atoms with Crippen molar-refractivity contribution in [3.63, 3.8) is 0 Å². The quantitative estimate of drug-likeness (QED) is 0.812. The Labute approximate surface area is 96.8 Å². The maximum atomic E-state index is 13.6. The molecule has 0 radical (unpaired) electrons. The number of carboxylic acids is 1. The van der Waals surface area contributed by atoms with Crippen LogP contribution < -0.4 is 0 Å². The summed E-state index contributed by atoms with van der Waals surface area (Å²) in [5, 5.41) is 8.95. The summed E-state index contributed by atoms with van der Waals surface area (Å²) in [6, 6.07) is 2.83. The summed E-state index contributed by atoms with van der Waals surface area (Å²) in [7, 11) is 0. The molecule has 1 heterocycles. The van der Waals surface area contributed by atoms with Crippen molar-refractivity contribution in [3.8, 4) is 0 Å². The van der Waals surface area contributed by atoms with Gasteiger partial charge in [-0.2, -0.15) is 0 Å². The molecule has 0 unspecified atom stereocenters. The van der Waals surface area contributed by atoms with Gasteiger partial charge in [-0.25, -0.2) is 9.18 Å².